The van der Waals surface area contributed by atoms with Crippen molar-refractivity contribution < 1.29 is 47.0 Å². The molecule has 2 bridgehead atoms. The molecule has 2 aliphatic heterocycles. The lowest BCUT2D eigenvalue weighted by Gasteiger charge is -2.70. The zero-order valence-electron chi connectivity index (χ0n) is 27.9. The molecule has 5 aliphatic rings. The molecule has 0 aromatic carbocycles. The van der Waals surface area contributed by atoms with Gasteiger partial charge in [-0.25, -0.2) is 4.79 Å². The smallest absolute Gasteiger partial charge is 0.341 e. The van der Waals surface area contributed by atoms with Crippen molar-refractivity contribution in [2.24, 2.45) is 34.5 Å². The lowest BCUT2D eigenvalue weighted by molar-refractivity contribution is -0.301. The highest BCUT2D eigenvalue weighted by Crippen LogP contribution is 2.74. The zero-order chi connectivity index (χ0) is 32.8. The van der Waals surface area contributed by atoms with Gasteiger partial charge in [0.05, 0.1) is 32.7 Å². The lowest BCUT2D eigenvalue weighted by Crippen LogP contribution is -2.81. The van der Waals surface area contributed by atoms with Crippen molar-refractivity contribution >= 4 is 40.3 Å². The Morgan fingerprint density at radius 1 is 1.05 bits per heavy atom. The van der Waals surface area contributed by atoms with E-state index in [1.807, 2.05) is 6.92 Å². The summed E-state index contributed by atoms with van der Waals surface area (Å²) >= 11 is 0. The molecule has 11 atom stereocenters. The van der Waals surface area contributed by atoms with Crippen LogP contribution in [0.3, 0.4) is 0 Å². The minimum absolute atomic E-state index is 0.00112. The Hall–Kier alpha value is -1.87. The van der Waals surface area contributed by atoms with Crippen LogP contribution in [0.2, 0.25) is 39.3 Å². The Labute approximate surface area is 263 Å². The van der Waals surface area contributed by atoms with Gasteiger partial charge in [0.1, 0.15) is 24.1 Å². The first-order chi connectivity index (χ1) is 20.2. The number of hydrogen-bond donors (Lipinski definition) is 0. The standard InChI is InChI=1S/C32H50O10Si2/c1-17(2)14-21(34)39-24-23-18(3)19(33)12-13-30(23,4)26-25(41-43(6,7)8)28(42-44(9,10)11)32(29(36)37-5)20-15-22(35)40-27(24)31(20,26)16-38-32/h18,20,23-28H,1,12-16H2,2-11H3/t18-,20-,23-,24-,25-,26-,27-,28+,30+,31+,32+/m1/s1. The van der Waals surface area contributed by atoms with Gasteiger partial charge >= 0.3 is 17.9 Å². The van der Waals surface area contributed by atoms with Gasteiger partial charge in [-0.1, -0.05) is 26.0 Å². The molecule has 3 aliphatic carbocycles. The highest BCUT2D eigenvalue weighted by atomic mass is 28.4. The SMILES string of the molecule is C=C(C)CC(=O)O[C@@H]1[C@H]2[C@H](C)C(=O)CC[C@]2(C)[C@H]2[C@@H](O[Si](C)(C)C)[C@H](O[Si](C)(C)C)[C@@]3(C(=O)OC)OC[C@@]24[C@@H]1OC(=O)C[C@@H]34. The van der Waals surface area contributed by atoms with Gasteiger partial charge in [-0.2, -0.15) is 0 Å². The minimum atomic E-state index is -2.37. The molecule has 3 saturated carbocycles. The first-order valence-corrected chi connectivity index (χ1v) is 22.7. The van der Waals surface area contributed by atoms with E-state index in [0.717, 1.165) is 0 Å². The normalized spacial score (nSPS) is 43.0. The van der Waals surface area contributed by atoms with Crippen molar-refractivity contribution in [3.8, 4) is 0 Å². The minimum Gasteiger partial charge on any atom is -0.467 e. The fraction of sp³-hybridized carbons (Fsp3) is 0.812. The first kappa shape index (κ1) is 33.5. The number of rotatable bonds is 8. The van der Waals surface area contributed by atoms with Crippen molar-refractivity contribution in [3.05, 3.63) is 12.2 Å². The summed E-state index contributed by atoms with van der Waals surface area (Å²) in [6.45, 7) is 22.2. The first-order valence-electron chi connectivity index (χ1n) is 15.9. The Balaban J connectivity index is 1.82. The molecule has 0 amide bonds. The van der Waals surface area contributed by atoms with Gasteiger partial charge in [-0.3, -0.25) is 14.4 Å². The molecule has 0 unspecified atom stereocenters. The molecule has 246 valence electrons. The van der Waals surface area contributed by atoms with Crippen LogP contribution in [0.15, 0.2) is 12.2 Å². The molecule has 1 spiro atoms. The summed E-state index contributed by atoms with van der Waals surface area (Å²) < 4.78 is 38.9. The van der Waals surface area contributed by atoms with E-state index in [1.54, 1.807) is 6.92 Å². The van der Waals surface area contributed by atoms with Crippen LogP contribution in [0, 0.1) is 34.5 Å². The van der Waals surface area contributed by atoms with Gasteiger partial charge in [0.15, 0.2) is 22.2 Å². The summed E-state index contributed by atoms with van der Waals surface area (Å²) in [6, 6.07) is 0. The van der Waals surface area contributed by atoms with Gasteiger partial charge in [-0.15, -0.1) is 0 Å². The molecule has 44 heavy (non-hydrogen) atoms. The number of methoxy groups -OCH3 is 1. The van der Waals surface area contributed by atoms with Crippen LogP contribution >= 0.6 is 0 Å². The molecule has 5 rings (SSSR count). The predicted molar refractivity (Wildman–Crippen MR) is 165 cm³/mol. The van der Waals surface area contributed by atoms with Crippen molar-refractivity contribution in [2.75, 3.05) is 13.7 Å². The topological polar surface area (TPSA) is 124 Å². The molecule has 0 aromatic heterocycles. The Bertz CT molecular complexity index is 1250. The second-order valence-electron chi connectivity index (χ2n) is 16.1. The number of ether oxygens (including phenoxy) is 4. The van der Waals surface area contributed by atoms with Crippen molar-refractivity contribution in [3.63, 3.8) is 0 Å². The fourth-order valence-corrected chi connectivity index (χ4v) is 11.8. The van der Waals surface area contributed by atoms with E-state index in [4.69, 9.17) is 27.8 Å². The Morgan fingerprint density at radius 2 is 1.68 bits per heavy atom. The number of hydrogen-bond acceptors (Lipinski definition) is 10. The quantitative estimate of drug-likeness (QED) is 0.161. The molecule has 0 aromatic rings. The monoisotopic (exact) mass is 650 g/mol. The van der Waals surface area contributed by atoms with E-state index in [9.17, 15) is 19.2 Å². The fourth-order valence-electron chi connectivity index (χ4n) is 9.68. The molecule has 10 nitrogen and oxygen atoms in total. The van der Waals surface area contributed by atoms with Crippen LogP contribution in [-0.2, 0) is 47.0 Å². The van der Waals surface area contributed by atoms with Crippen LogP contribution in [-0.4, -0.2) is 84.1 Å². The van der Waals surface area contributed by atoms with Gasteiger partial charge < -0.3 is 27.8 Å². The molecule has 2 heterocycles. The van der Waals surface area contributed by atoms with Crippen LogP contribution in [0.25, 0.3) is 0 Å². The van der Waals surface area contributed by atoms with E-state index in [1.165, 1.54) is 7.11 Å². The van der Waals surface area contributed by atoms with Gasteiger partial charge in [0, 0.05) is 35.5 Å². The van der Waals surface area contributed by atoms with E-state index in [0.29, 0.717) is 18.4 Å². The third-order valence-corrected chi connectivity index (χ3v) is 12.7. The number of esters is 3. The molecule has 5 fully saturated rings. The number of ketones is 1. The van der Waals surface area contributed by atoms with Crippen LogP contribution in [0.5, 0.6) is 0 Å². The highest BCUT2D eigenvalue weighted by molar-refractivity contribution is 6.70. The third-order valence-electron chi connectivity index (χ3n) is 10.8. The average molecular weight is 651 g/mol. The molecule has 12 heteroatoms. The van der Waals surface area contributed by atoms with Gasteiger partial charge in [0.25, 0.3) is 0 Å². The van der Waals surface area contributed by atoms with E-state index in [-0.39, 0.29) is 31.1 Å². The lowest BCUT2D eigenvalue weighted by atomic mass is 9.37. The predicted octanol–water partition coefficient (Wildman–Crippen LogP) is 4.43. The van der Waals surface area contributed by atoms with Crippen LogP contribution in [0.1, 0.15) is 46.5 Å². The third kappa shape index (κ3) is 4.98. The number of carbonyl (C=O) groups is 4. The van der Waals surface area contributed by atoms with Gasteiger partial charge in [-0.05, 0) is 58.0 Å². The maximum atomic E-state index is 14.1. The average Bonchev–Trinajstić information content (AvgIpc) is 3.15. The molecule has 0 N–H and O–H groups in total. The molecule has 0 radical (unpaired) electrons. The highest BCUT2D eigenvalue weighted by Gasteiger charge is 2.85. The van der Waals surface area contributed by atoms with Crippen molar-refractivity contribution in [1.82, 2.24) is 0 Å². The molecular weight excluding hydrogens is 601 g/mol. The summed E-state index contributed by atoms with van der Waals surface area (Å²) in [5.74, 6) is -3.45. The van der Waals surface area contributed by atoms with Crippen molar-refractivity contribution in [2.45, 2.75) is 116 Å². The van der Waals surface area contributed by atoms with E-state index < -0.39 is 93.1 Å². The Morgan fingerprint density at radius 3 is 2.25 bits per heavy atom. The molecule has 2 saturated heterocycles. The van der Waals surface area contributed by atoms with E-state index in [2.05, 4.69) is 52.8 Å². The second kappa shape index (κ2) is 10.9. The summed E-state index contributed by atoms with van der Waals surface area (Å²) in [6.07, 6.45) is -2.52. The number of fused-ring (bicyclic) bond motifs is 2. The largest absolute Gasteiger partial charge is 0.467 e. The maximum Gasteiger partial charge on any atom is 0.341 e. The summed E-state index contributed by atoms with van der Waals surface area (Å²) in [4.78, 5) is 54.4. The summed E-state index contributed by atoms with van der Waals surface area (Å²) in [5, 5.41) is 0. The number of Topliss-reactive ketones (excluding diaryl/α,β-unsaturated/α-hetero) is 1. The number of carbonyl (C=O) groups excluding carboxylic acids is 4. The second-order valence-corrected chi connectivity index (χ2v) is 25.0. The molecular formula is C32H50O10Si2. The maximum absolute atomic E-state index is 14.1. The zero-order valence-corrected chi connectivity index (χ0v) is 29.9. The van der Waals surface area contributed by atoms with Crippen LogP contribution in [0.4, 0.5) is 0 Å². The van der Waals surface area contributed by atoms with Crippen molar-refractivity contribution in [1.29, 1.82) is 0 Å². The van der Waals surface area contributed by atoms with Gasteiger partial charge in [0.2, 0.25) is 0 Å². The summed E-state index contributed by atoms with van der Waals surface area (Å²) in [5.41, 5.74) is -2.55. The Kier molecular flexibility index (Phi) is 8.26. The van der Waals surface area contributed by atoms with Crippen LogP contribution < -0.4 is 0 Å². The van der Waals surface area contributed by atoms with E-state index >= 15 is 0 Å². The summed E-state index contributed by atoms with van der Waals surface area (Å²) in [7, 11) is -3.37.